The largest absolute Gasteiger partial charge is 0.327 e. The number of imidazole rings is 1. The molecule has 1 aliphatic rings. The Labute approximate surface area is 124 Å². The number of hydrogen-bond donors (Lipinski definition) is 1. The highest BCUT2D eigenvalue weighted by atomic mass is 32.1. The van der Waals surface area contributed by atoms with E-state index in [9.17, 15) is 0 Å². The summed E-state index contributed by atoms with van der Waals surface area (Å²) in [5.74, 6) is 0.679. The fraction of sp³-hybridized carbons (Fsp3) is 0.562. The van der Waals surface area contributed by atoms with Gasteiger partial charge in [-0.3, -0.25) is 4.40 Å². The van der Waals surface area contributed by atoms with Crippen molar-refractivity contribution >= 4 is 22.4 Å². The fourth-order valence-corrected chi connectivity index (χ4v) is 4.13. The zero-order valence-corrected chi connectivity index (χ0v) is 13.2. The Bertz CT molecular complexity index is 629. The van der Waals surface area contributed by atoms with Gasteiger partial charge in [0.05, 0.1) is 11.4 Å². The van der Waals surface area contributed by atoms with E-state index in [1.807, 2.05) is 0 Å². The maximum absolute atomic E-state index is 6.02. The van der Waals surface area contributed by atoms with Crippen LogP contribution in [0.15, 0.2) is 11.8 Å². The average molecular weight is 289 g/mol. The highest BCUT2D eigenvalue weighted by molar-refractivity contribution is 7.17. The molecule has 2 aromatic heterocycles. The van der Waals surface area contributed by atoms with E-state index in [2.05, 4.69) is 35.5 Å². The molecule has 3 nitrogen and oxygen atoms in total. The second kappa shape index (κ2) is 5.70. The van der Waals surface area contributed by atoms with Gasteiger partial charge in [-0.25, -0.2) is 4.98 Å². The molecule has 0 aliphatic heterocycles. The van der Waals surface area contributed by atoms with Gasteiger partial charge >= 0.3 is 0 Å². The molecule has 0 spiro atoms. The quantitative estimate of drug-likeness (QED) is 0.930. The van der Waals surface area contributed by atoms with Gasteiger partial charge in [-0.1, -0.05) is 24.8 Å². The molecule has 0 atom stereocenters. The molecule has 3 rings (SSSR count). The first kappa shape index (κ1) is 13.8. The van der Waals surface area contributed by atoms with Gasteiger partial charge < -0.3 is 5.73 Å². The maximum Gasteiger partial charge on any atom is 0.194 e. The molecule has 4 heteroatoms. The number of rotatable bonds is 3. The van der Waals surface area contributed by atoms with Gasteiger partial charge in [0, 0.05) is 17.6 Å². The standard InChI is InChI=1S/C16H23N3S/c1-11-10-19-15(12(2)18-16(19)20-11)8-14(9-17)13-6-4-3-5-7-13/h8,10,13H,3-7,9,17H2,1-2H3/b14-8-. The van der Waals surface area contributed by atoms with Crippen LogP contribution in [0.25, 0.3) is 11.0 Å². The van der Waals surface area contributed by atoms with Gasteiger partial charge in [-0.15, -0.1) is 11.3 Å². The molecule has 0 amide bonds. The lowest BCUT2D eigenvalue weighted by molar-refractivity contribution is 0.401. The lowest BCUT2D eigenvalue weighted by atomic mass is 9.83. The van der Waals surface area contributed by atoms with Crippen LogP contribution in [-0.4, -0.2) is 15.9 Å². The summed E-state index contributed by atoms with van der Waals surface area (Å²) >= 11 is 1.75. The molecule has 0 radical (unpaired) electrons. The van der Waals surface area contributed by atoms with Crippen molar-refractivity contribution in [3.8, 4) is 0 Å². The van der Waals surface area contributed by atoms with Crippen molar-refractivity contribution < 1.29 is 0 Å². The van der Waals surface area contributed by atoms with E-state index in [1.54, 1.807) is 11.3 Å². The molecule has 2 aromatic rings. The summed E-state index contributed by atoms with van der Waals surface area (Å²) in [5.41, 5.74) is 9.75. The third kappa shape index (κ3) is 2.54. The molecule has 0 bridgehead atoms. The van der Waals surface area contributed by atoms with E-state index in [1.165, 1.54) is 48.2 Å². The Hall–Kier alpha value is -1.13. The molecular formula is C16H23N3S. The van der Waals surface area contributed by atoms with Crippen LogP contribution in [0, 0.1) is 19.8 Å². The fourth-order valence-electron chi connectivity index (χ4n) is 3.25. The van der Waals surface area contributed by atoms with Gasteiger partial charge in [0.1, 0.15) is 0 Å². The summed E-state index contributed by atoms with van der Waals surface area (Å²) in [6.45, 7) is 4.89. The lowest BCUT2D eigenvalue weighted by Gasteiger charge is -2.23. The molecule has 2 N–H and O–H groups in total. The molecule has 108 valence electrons. The number of aryl methyl sites for hydroxylation is 2. The Balaban J connectivity index is 1.99. The van der Waals surface area contributed by atoms with Crippen LogP contribution in [0.2, 0.25) is 0 Å². The molecule has 0 saturated heterocycles. The van der Waals surface area contributed by atoms with E-state index in [0.717, 1.165) is 10.7 Å². The molecule has 1 fully saturated rings. The van der Waals surface area contributed by atoms with E-state index < -0.39 is 0 Å². The molecule has 0 unspecified atom stereocenters. The van der Waals surface area contributed by atoms with Crippen LogP contribution in [0.1, 0.15) is 48.4 Å². The highest BCUT2D eigenvalue weighted by Crippen LogP contribution is 2.31. The minimum absolute atomic E-state index is 0.667. The number of aromatic nitrogens is 2. The predicted octanol–water partition coefficient (Wildman–Crippen LogP) is 3.94. The van der Waals surface area contributed by atoms with Crippen LogP contribution >= 0.6 is 11.3 Å². The highest BCUT2D eigenvalue weighted by Gasteiger charge is 2.18. The summed E-state index contributed by atoms with van der Waals surface area (Å²) in [5, 5.41) is 0. The Morgan fingerprint density at radius 3 is 2.85 bits per heavy atom. The van der Waals surface area contributed by atoms with Gasteiger partial charge in [0.2, 0.25) is 0 Å². The SMILES string of the molecule is Cc1cn2c(/C=C(/CN)C3CCCCC3)c(C)nc2s1. The van der Waals surface area contributed by atoms with Crippen molar-refractivity contribution in [3.63, 3.8) is 0 Å². The Kier molecular flexibility index (Phi) is 3.94. The smallest absolute Gasteiger partial charge is 0.194 e. The van der Waals surface area contributed by atoms with Crippen LogP contribution in [0.4, 0.5) is 0 Å². The van der Waals surface area contributed by atoms with Crippen LogP contribution < -0.4 is 5.73 Å². The van der Waals surface area contributed by atoms with E-state index in [0.29, 0.717) is 12.5 Å². The number of hydrogen-bond acceptors (Lipinski definition) is 3. The second-order valence-corrected chi connectivity index (χ2v) is 7.05. The Morgan fingerprint density at radius 2 is 2.15 bits per heavy atom. The van der Waals surface area contributed by atoms with E-state index in [4.69, 9.17) is 5.73 Å². The van der Waals surface area contributed by atoms with Gasteiger partial charge in [0.25, 0.3) is 0 Å². The van der Waals surface area contributed by atoms with E-state index >= 15 is 0 Å². The Morgan fingerprint density at radius 1 is 1.40 bits per heavy atom. The monoisotopic (exact) mass is 289 g/mol. The maximum atomic E-state index is 6.02. The van der Waals surface area contributed by atoms with Crippen LogP contribution in [-0.2, 0) is 0 Å². The zero-order valence-electron chi connectivity index (χ0n) is 12.4. The third-order valence-electron chi connectivity index (χ3n) is 4.35. The van der Waals surface area contributed by atoms with Gasteiger partial charge in [-0.2, -0.15) is 0 Å². The summed E-state index contributed by atoms with van der Waals surface area (Å²) in [7, 11) is 0. The average Bonchev–Trinajstić information content (AvgIpc) is 2.93. The minimum atomic E-state index is 0.667. The number of thiazole rings is 1. The van der Waals surface area contributed by atoms with Crippen LogP contribution in [0.3, 0.4) is 0 Å². The lowest BCUT2D eigenvalue weighted by Crippen LogP contribution is -2.16. The van der Waals surface area contributed by atoms with Crippen molar-refractivity contribution in [2.24, 2.45) is 11.7 Å². The zero-order chi connectivity index (χ0) is 14.1. The molecule has 20 heavy (non-hydrogen) atoms. The topological polar surface area (TPSA) is 43.3 Å². The van der Waals surface area contributed by atoms with Crippen LogP contribution in [0.5, 0.6) is 0 Å². The normalized spacial score (nSPS) is 18.1. The van der Waals surface area contributed by atoms with Crippen molar-refractivity contribution in [1.29, 1.82) is 0 Å². The molecular weight excluding hydrogens is 266 g/mol. The number of nitrogens with zero attached hydrogens (tertiary/aromatic N) is 2. The molecule has 0 aromatic carbocycles. The summed E-state index contributed by atoms with van der Waals surface area (Å²) in [4.78, 5) is 7.05. The summed E-state index contributed by atoms with van der Waals surface area (Å²) in [6.07, 6.45) is 11.2. The second-order valence-electron chi connectivity index (χ2n) is 5.84. The van der Waals surface area contributed by atoms with Gasteiger partial charge in [-0.05, 0) is 38.7 Å². The van der Waals surface area contributed by atoms with E-state index in [-0.39, 0.29) is 0 Å². The van der Waals surface area contributed by atoms with Crippen molar-refractivity contribution in [3.05, 3.63) is 28.0 Å². The third-order valence-corrected chi connectivity index (χ3v) is 5.25. The number of fused-ring (bicyclic) bond motifs is 1. The first-order valence-electron chi connectivity index (χ1n) is 7.54. The summed E-state index contributed by atoms with van der Waals surface area (Å²) < 4.78 is 2.22. The molecule has 2 heterocycles. The summed E-state index contributed by atoms with van der Waals surface area (Å²) in [6, 6.07) is 0. The molecule has 1 saturated carbocycles. The minimum Gasteiger partial charge on any atom is -0.327 e. The van der Waals surface area contributed by atoms with Crippen molar-refractivity contribution in [2.45, 2.75) is 46.0 Å². The molecule has 1 aliphatic carbocycles. The number of nitrogens with two attached hydrogens (primary N) is 1. The predicted molar refractivity (Wildman–Crippen MR) is 86.1 cm³/mol. The first-order valence-corrected chi connectivity index (χ1v) is 8.36. The van der Waals surface area contributed by atoms with Gasteiger partial charge in [0.15, 0.2) is 4.96 Å². The van der Waals surface area contributed by atoms with Crippen molar-refractivity contribution in [2.75, 3.05) is 6.54 Å². The first-order chi connectivity index (χ1) is 9.69. The van der Waals surface area contributed by atoms with Crippen molar-refractivity contribution in [1.82, 2.24) is 9.38 Å².